The second kappa shape index (κ2) is 5.96. The van der Waals surface area contributed by atoms with E-state index in [1.807, 2.05) is 0 Å². The molecule has 138 valence electrons. The van der Waals surface area contributed by atoms with Crippen LogP contribution in [0.15, 0.2) is 11.6 Å². The monoisotopic (exact) mass is 350 g/mol. The lowest BCUT2D eigenvalue weighted by atomic mass is 9.79. The molecule has 0 radical (unpaired) electrons. The maximum absolute atomic E-state index is 7.11. The minimum atomic E-state index is -1.61. The lowest BCUT2D eigenvalue weighted by Crippen LogP contribution is -2.50. The van der Waals surface area contributed by atoms with Gasteiger partial charge in [-0.15, -0.1) is 0 Å². The summed E-state index contributed by atoms with van der Waals surface area (Å²) in [6.45, 7) is 16.4. The highest BCUT2D eigenvalue weighted by Crippen LogP contribution is 2.60. The van der Waals surface area contributed by atoms with Crippen LogP contribution < -0.4 is 0 Å². The molecule has 3 heteroatoms. The van der Waals surface area contributed by atoms with Gasteiger partial charge in [0, 0.05) is 5.92 Å². The molecule has 3 aliphatic rings. The first kappa shape index (κ1) is 18.7. The van der Waals surface area contributed by atoms with Gasteiger partial charge in [0.25, 0.3) is 0 Å². The molecule has 2 aliphatic heterocycles. The molecule has 0 aromatic heterocycles. The highest BCUT2D eigenvalue weighted by molar-refractivity contribution is 6.73. The molecule has 4 atom stereocenters. The van der Waals surface area contributed by atoms with Crippen LogP contribution in [0.25, 0.3) is 0 Å². The molecule has 0 aromatic rings. The van der Waals surface area contributed by atoms with E-state index in [1.54, 1.807) is 5.57 Å². The maximum Gasteiger partial charge on any atom is 0.193 e. The van der Waals surface area contributed by atoms with Crippen molar-refractivity contribution >= 4 is 8.32 Å². The van der Waals surface area contributed by atoms with Crippen molar-refractivity contribution in [2.45, 2.75) is 109 Å². The Morgan fingerprint density at radius 1 is 1.12 bits per heavy atom. The second-order valence-electron chi connectivity index (χ2n) is 9.29. The predicted molar refractivity (Wildman–Crippen MR) is 104 cm³/mol. The van der Waals surface area contributed by atoms with E-state index >= 15 is 0 Å². The van der Waals surface area contributed by atoms with Gasteiger partial charge in [0.15, 0.2) is 8.32 Å². The highest BCUT2D eigenvalue weighted by Gasteiger charge is 2.61. The predicted octanol–water partition coefficient (Wildman–Crippen LogP) is 6.08. The molecular weight excluding hydrogens is 312 g/mol. The minimum Gasteiger partial charge on any atom is -0.408 e. The summed E-state index contributed by atoms with van der Waals surface area (Å²) in [7, 11) is -1.61. The van der Waals surface area contributed by atoms with Crippen LogP contribution in [-0.4, -0.2) is 25.1 Å². The van der Waals surface area contributed by atoms with Crippen LogP contribution in [0.1, 0.15) is 74.1 Å². The third kappa shape index (κ3) is 2.57. The van der Waals surface area contributed by atoms with Crippen LogP contribution in [0.5, 0.6) is 0 Å². The number of hydrogen-bond acceptors (Lipinski definition) is 2. The summed E-state index contributed by atoms with van der Waals surface area (Å²) in [5.74, 6) is 1.09. The van der Waals surface area contributed by atoms with Crippen LogP contribution >= 0.6 is 0 Å². The van der Waals surface area contributed by atoms with Gasteiger partial charge in [-0.2, -0.15) is 0 Å². The van der Waals surface area contributed by atoms with E-state index in [0.29, 0.717) is 11.8 Å². The van der Waals surface area contributed by atoms with Gasteiger partial charge in [0.05, 0.1) is 16.8 Å². The number of hydrogen-bond donors (Lipinski definition) is 0. The van der Waals surface area contributed by atoms with E-state index in [9.17, 15) is 0 Å². The molecular formula is C21H38O2Si. The molecule has 0 spiro atoms. The summed E-state index contributed by atoms with van der Waals surface area (Å²) >= 11 is 0. The van der Waals surface area contributed by atoms with Gasteiger partial charge in [-0.1, -0.05) is 40.7 Å². The van der Waals surface area contributed by atoms with Gasteiger partial charge in [-0.05, 0) is 69.2 Å². The van der Waals surface area contributed by atoms with Crippen molar-refractivity contribution in [1.82, 2.24) is 0 Å². The van der Waals surface area contributed by atoms with Crippen molar-refractivity contribution in [1.29, 1.82) is 0 Å². The van der Waals surface area contributed by atoms with Gasteiger partial charge in [-0.3, -0.25) is 0 Å². The molecule has 0 aromatic carbocycles. The molecule has 2 heterocycles. The van der Waals surface area contributed by atoms with Crippen LogP contribution in [-0.2, 0) is 9.16 Å². The summed E-state index contributed by atoms with van der Waals surface area (Å²) in [5.41, 5.74) is 1.53. The van der Waals surface area contributed by atoms with E-state index in [0.717, 1.165) is 0 Å². The Morgan fingerprint density at radius 3 is 2.29 bits per heavy atom. The molecule has 1 aliphatic carbocycles. The number of rotatable bonds is 6. The van der Waals surface area contributed by atoms with Crippen LogP contribution in [0, 0.1) is 11.8 Å². The van der Waals surface area contributed by atoms with E-state index in [2.05, 4.69) is 54.5 Å². The summed E-state index contributed by atoms with van der Waals surface area (Å²) in [5, 5.41) is 0. The minimum absolute atomic E-state index is 0.0321. The number of fused-ring (bicyclic) bond motifs is 4. The first-order valence-electron chi connectivity index (χ1n) is 10.3. The standard InChI is InChI=1S/C21H38O2Si/c1-8-24(9-2,10-3)23-20(7)12-11-17-18(20)15-21(16(4)5)14-13-19(17,6)22-21/h15-17H,8-14H2,1-7H3/t17-,19-,20+,21+/m1/s1. The van der Waals surface area contributed by atoms with Gasteiger partial charge in [0.2, 0.25) is 0 Å². The largest absolute Gasteiger partial charge is 0.408 e. The van der Waals surface area contributed by atoms with E-state index in [-0.39, 0.29) is 16.8 Å². The molecule has 0 N–H and O–H groups in total. The molecule has 2 nitrogen and oxygen atoms in total. The summed E-state index contributed by atoms with van der Waals surface area (Å²) < 4.78 is 13.8. The second-order valence-corrected chi connectivity index (χ2v) is 14.0. The third-order valence-corrected chi connectivity index (χ3v) is 12.6. The first-order valence-corrected chi connectivity index (χ1v) is 12.8. The van der Waals surface area contributed by atoms with Gasteiger partial charge in [-0.25, -0.2) is 0 Å². The average molecular weight is 351 g/mol. The van der Waals surface area contributed by atoms with E-state index in [1.165, 1.54) is 43.8 Å². The number of ether oxygens (including phenoxy) is 1. The first-order chi connectivity index (χ1) is 11.2. The molecule has 1 saturated carbocycles. The molecule has 1 saturated heterocycles. The lowest BCUT2D eigenvalue weighted by molar-refractivity contribution is -0.124. The molecule has 3 rings (SSSR count). The fraction of sp³-hybridized carbons (Fsp3) is 0.905. The topological polar surface area (TPSA) is 18.5 Å². The normalized spacial score (nSPS) is 41.7. The zero-order valence-electron chi connectivity index (χ0n) is 17.0. The van der Waals surface area contributed by atoms with E-state index < -0.39 is 8.32 Å². The van der Waals surface area contributed by atoms with Crippen molar-refractivity contribution in [3.63, 3.8) is 0 Å². The Bertz CT molecular complexity index is 516. The Hall–Kier alpha value is -0.123. The van der Waals surface area contributed by atoms with Crippen molar-refractivity contribution < 1.29 is 9.16 Å². The zero-order chi connectivity index (χ0) is 17.8. The molecule has 2 fully saturated rings. The fourth-order valence-electron chi connectivity index (χ4n) is 5.69. The zero-order valence-corrected chi connectivity index (χ0v) is 18.0. The van der Waals surface area contributed by atoms with Crippen LogP contribution in [0.2, 0.25) is 18.1 Å². The SMILES string of the molecule is CC[Si](CC)(CC)O[C@@]1(C)CC[C@@H]2C1=C[C@]1(C(C)C)CC[C@@]2(C)O1. The van der Waals surface area contributed by atoms with Gasteiger partial charge >= 0.3 is 0 Å². The molecule has 2 bridgehead atoms. The van der Waals surface area contributed by atoms with Crippen molar-refractivity contribution in [3.8, 4) is 0 Å². The van der Waals surface area contributed by atoms with Crippen LogP contribution in [0.3, 0.4) is 0 Å². The van der Waals surface area contributed by atoms with Crippen molar-refractivity contribution in [2.24, 2.45) is 11.8 Å². The molecule has 0 amide bonds. The average Bonchev–Trinajstić information content (AvgIpc) is 3.03. The molecule has 0 unspecified atom stereocenters. The van der Waals surface area contributed by atoms with E-state index in [4.69, 9.17) is 9.16 Å². The van der Waals surface area contributed by atoms with Gasteiger partial charge in [0.1, 0.15) is 0 Å². The summed E-state index contributed by atoms with van der Waals surface area (Å²) in [6.07, 6.45) is 7.31. The van der Waals surface area contributed by atoms with Crippen molar-refractivity contribution in [3.05, 3.63) is 11.6 Å². The van der Waals surface area contributed by atoms with Crippen LogP contribution in [0.4, 0.5) is 0 Å². The maximum atomic E-state index is 7.11. The Morgan fingerprint density at radius 2 is 1.75 bits per heavy atom. The fourth-order valence-corrected chi connectivity index (χ4v) is 8.80. The third-order valence-electron chi connectivity index (χ3n) is 7.82. The molecule has 24 heavy (non-hydrogen) atoms. The summed E-state index contributed by atoms with van der Waals surface area (Å²) in [4.78, 5) is 0. The van der Waals surface area contributed by atoms with Gasteiger partial charge < -0.3 is 9.16 Å². The lowest BCUT2D eigenvalue weighted by Gasteiger charge is -2.47. The Labute approximate surface area is 150 Å². The summed E-state index contributed by atoms with van der Waals surface area (Å²) in [6, 6.07) is 3.70. The quantitative estimate of drug-likeness (QED) is 0.427. The highest BCUT2D eigenvalue weighted by atomic mass is 28.4. The Kier molecular flexibility index (Phi) is 4.63. The smallest absolute Gasteiger partial charge is 0.193 e. The Balaban J connectivity index is 2.00. The van der Waals surface area contributed by atoms with Crippen molar-refractivity contribution in [2.75, 3.05) is 0 Å².